The molecule has 4 nitrogen and oxygen atoms in total. The summed E-state index contributed by atoms with van der Waals surface area (Å²) < 4.78 is 4.97. The number of rotatable bonds is 1. The zero-order valence-corrected chi connectivity index (χ0v) is 11.2. The zero-order valence-electron chi connectivity index (χ0n) is 11.2. The smallest absolute Gasteiger partial charge is 0.324 e. The van der Waals surface area contributed by atoms with E-state index in [0.717, 1.165) is 17.7 Å². The summed E-state index contributed by atoms with van der Waals surface area (Å²) in [5.74, 6) is -0.0957. The average molecular weight is 259 g/mol. The molecule has 4 heteroatoms. The summed E-state index contributed by atoms with van der Waals surface area (Å²) in [6, 6.07) is 3.64. The van der Waals surface area contributed by atoms with Gasteiger partial charge in [-0.25, -0.2) is 0 Å². The minimum Gasteiger partial charge on any atom is -0.468 e. The molecule has 2 aliphatic rings. The average Bonchev–Trinajstić information content (AvgIpc) is 2.72. The Morgan fingerprint density at radius 1 is 1.47 bits per heavy atom. The highest BCUT2D eigenvalue weighted by Crippen LogP contribution is 2.51. The van der Waals surface area contributed by atoms with Gasteiger partial charge in [-0.2, -0.15) is 0 Å². The van der Waals surface area contributed by atoms with E-state index in [9.17, 15) is 9.59 Å². The standard InChI is InChI=1S/C15H17NO3/c1-9-6-10-8-12-11(4-3-5-16-12)15(10,13(17)7-9)14(18)19-2/h3-5,9-10H,6-8H2,1-2H3/t9-,10+,15-/m0/s1. The molecule has 0 aliphatic heterocycles. The number of esters is 1. The van der Waals surface area contributed by atoms with Crippen molar-refractivity contribution in [2.75, 3.05) is 7.11 Å². The minimum atomic E-state index is -1.09. The number of fused-ring (bicyclic) bond motifs is 3. The monoisotopic (exact) mass is 259 g/mol. The molecule has 0 bridgehead atoms. The zero-order chi connectivity index (χ0) is 13.6. The Morgan fingerprint density at radius 2 is 2.26 bits per heavy atom. The molecule has 3 rings (SSSR count). The number of carbonyl (C=O) groups excluding carboxylic acids is 2. The van der Waals surface area contributed by atoms with Crippen molar-refractivity contribution in [3.05, 3.63) is 29.6 Å². The van der Waals surface area contributed by atoms with Crippen molar-refractivity contribution < 1.29 is 14.3 Å². The second-order valence-corrected chi connectivity index (χ2v) is 5.67. The van der Waals surface area contributed by atoms with Crippen molar-refractivity contribution in [1.82, 2.24) is 4.98 Å². The topological polar surface area (TPSA) is 56.3 Å². The number of carbonyl (C=O) groups is 2. The number of hydrogen-bond donors (Lipinski definition) is 0. The van der Waals surface area contributed by atoms with Gasteiger partial charge in [0.15, 0.2) is 11.2 Å². The Morgan fingerprint density at radius 3 is 3.00 bits per heavy atom. The van der Waals surface area contributed by atoms with Crippen molar-refractivity contribution in [2.45, 2.75) is 31.6 Å². The van der Waals surface area contributed by atoms with Crippen LogP contribution in [0.2, 0.25) is 0 Å². The Kier molecular flexibility index (Phi) is 2.69. The quantitative estimate of drug-likeness (QED) is 0.568. The molecule has 0 spiro atoms. The van der Waals surface area contributed by atoms with Gasteiger partial charge in [-0.1, -0.05) is 13.0 Å². The molecule has 2 aliphatic carbocycles. The lowest BCUT2D eigenvalue weighted by Crippen LogP contribution is -2.52. The third kappa shape index (κ3) is 1.49. The number of Topliss-reactive ketones (excluding diaryl/α,β-unsaturated/α-hetero) is 1. The van der Waals surface area contributed by atoms with Crippen LogP contribution in [0.25, 0.3) is 0 Å². The first-order valence-electron chi connectivity index (χ1n) is 6.66. The van der Waals surface area contributed by atoms with Gasteiger partial charge in [0.05, 0.1) is 7.11 Å². The third-order valence-corrected chi connectivity index (χ3v) is 4.54. The lowest BCUT2D eigenvalue weighted by molar-refractivity contribution is -0.156. The normalized spacial score (nSPS) is 32.6. The summed E-state index contributed by atoms with van der Waals surface area (Å²) >= 11 is 0. The van der Waals surface area contributed by atoms with Crippen molar-refractivity contribution in [2.24, 2.45) is 11.8 Å². The third-order valence-electron chi connectivity index (χ3n) is 4.54. The summed E-state index contributed by atoms with van der Waals surface area (Å²) in [6.07, 6.45) is 3.73. The van der Waals surface area contributed by atoms with Crippen LogP contribution in [-0.2, 0) is 26.2 Å². The van der Waals surface area contributed by atoms with Crippen molar-refractivity contribution >= 4 is 11.8 Å². The largest absolute Gasteiger partial charge is 0.468 e. The maximum atomic E-state index is 12.6. The van der Waals surface area contributed by atoms with Crippen molar-refractivity contribution in [3.8, 4) is 0 Å². The van der Waals surface area contributed by atoms with E-state index in [1.807, 2.05) is 6.07 Å². The molecular formula is C15H17NO3. The van der Waals surface area contributed by atoms with Crippen LogP contribution < -0.4 is 0 Å². The summed E-state index contributed by atoms with van der Waals surface area (Å²) in [5, 5.41) is 0. The number of aromatic nitrogens is 1. The highest BCUT2D eigenvalue weighted by molar-refractivity contribution is 6.11. The molecule has 1 fully saturated rings. The van der Waals surface area contributed by atoms with Gasteiger partial charge in [0.1, 0.15) is 0 Å². The Bertz CT molecular complexity index is 554. The molecule has 1 heterocycles. The fourth-order valence-electron chi connectivity index (χ4n) is 3.80. The van der Waals surface area contributed by atoms with Gasteiger partial charge in [0.2, 0.25) is 0 Å². The number of ketones is 1. The van der Waals surface area contributed by atoms with E-state index in [2.05, 4.69) is 11.9 Å². The molecule has 0 aromatic carbocycles. The number of ether oxygens (including phenoxy) is 1. The van der Waals surface area contributed by atoms with Crippen LogP contribution in [0.1, 0.15) is 31.0 Å². The Balaban J connectivity index is 2.21. The van der Waals surface area contributed by atoms with Gasteiger partial charge >= 0.3 is 5.97 Å². The van der Waals surface area contributed by atoms with Gasteiger partial charge in [-0.05, 0) is 36.3 Å². The predicted octanol–water partition coefficient (Wildman–Crippen LogP) is 1.66. The molecule has 0 amide bonds. The molecule has 1 saturated carbocycles. The molecule has 0 saturated heterocycles. The lowest BCUT2D eigenvalue weighted by atomic mass is 9.62. The SMILES string of the molecule is COC(=O)[C@@]12C(=O)C[C@@H](C)C[C@@H]1Cc1ncccc12. The van der Waals surface area contributed by atoms with Gasteiger partial charge in [-0.15, -0.1) is 0 Å². The number of hydrogen-bond acceptors (Lipinski definition) is 4. The van der Waals surface area contributed by atoms with E-state index in [1.165, 1.54) is 7.11 Å². The second kappa shape index (κ2) is 4.15. The van der Waals surface area contributed by atoms with Crippen LogP contribution in [0, 0.1) is 11.8 Å². The highest BCUT2D eigenvalue weighted by Gasteiger charge is 2.61. The summed E-state index contributed by atoms with van der Waals surface area (Å²) in [4.78, 5) is 29.4. The number of nitrogens with zero attached hydrogens (tertiary/aromatic N) is 1. The molecule has 100 valence electrons. The van der Waals surface area contributed by atoms with Gasteiger partial charge in [0, 0.05) is 18.3 Å². The molecule has 0 radical (unpaired) electrons. The van der Waals surface area contributed by atoms with Crippen LogP contribution in [-0.4, -0.2) is 23.8 Å². The Labute approximate surface area is 112 Å². The maximum absolute atomic E-state index is 12.6. The van der Waals surface area contributed by atoms with E-state index in [1.54, 1.807) is 12.3 Å². The first kappa shape index (κ1) is 12.3. The van der Waals surface area contributed by atoms with Crippen LogP contribution in [0.15, 0.2) is 18.3 Å². The minimum absolute atomic E-state index is 0.00102. The number of methoxy groups -OCH3 is 1. The summed E-state index contributed by atoms with van der Waals surface area (Å²) in [6.45, 7) is 2.06. The van der Waals surface area contributed by atoms with Gasteiger partial charge in [0.25, 0.3) is 0 Å². The molecular weight excluding hydrogens is 242 g/mol. The fourth-order valence-corrected chi connectivity index (χ4v) is 3.80. The van der Waals surface area contributed by atoms with E-state index in [4.69, 9.17) is 4.74 Å². The maximum Gasteiger partial charge on any atom is 0.324 e. The highest BCUT2D eigenvalue weighted by atomic mass is 16.5. The molecule has 0 unspecified atom stereocenters. The molecule has 19 heavy (non-hydrogen) atoms. The fraction of sp³-hybridized carbons (Fsp3) is 0.533. The van der Waals surface area contributed by atoms with Gasteiger partial charge in [-0.3, -0.25) is 14.6 Å². The van der Waals surface area contributed by atoms with Gasteiger partial charge < -0.3 is 4.74 Å². The molecule has 1 aromatic rings. The van der Waals surface area contributed by atoms with Crippen LogP contribution in [0.3, 0.4) is 0 Å². The molecule has 1 aromatic heterocycles. The van der Waals surface area contributed by atoms with Crippen LogP contribution >= 0.6 is 0 Å². The second-order valence-electron chi connectivity index (χ2n) is 5.67. The molecule has 3 atom stereocenters. The predicted molar refractivity (Wildman–Crippen MR) is 68.5 cm³/mol. The van der Waals surface area contributed by atoms with Crippen molar-refractivity contribution in [3.63, 3.8) is 0 Å². The van der Waals surface area contributed by atoms with Crippen molar-refractivity contribution in [1.29, 1.82) is 0 Å². The van der Waals surface area contributed by atoms with E-state index in [-0.39, 0.29) is 11.7 Å². The first-order valence-corrected chi connectivity index (χ1v) is 6.66. The van der Waals surface area contributed by atoms with Crippen LogP contribution in [0.4, 0.5) is 0 Å². The van der Waals surface area contributed by atoms with E-state index < -0.39 is 11.4 Å². The van der Waals surface area contributed by atoms with E-state index in [0.29, 0.717) is 18.8 Å². The van der Waals surface area contributed by atoms with E-state index >= 15 is 0 Å². The lowest BCUT2D eigenvalue weighted by Gasteiger charge is -2.38. The summed E-state index contributed by atoms with van der Waals surface area (Å²) in [5.41, 5.74) is 0.550. The summed E-state index contributed by atoms with van der Waals surface area (Å²) in [7, 11) is 1.35. The van der Waals surface area contributed by atoms with Crippen LogP contribution in [0.5, 0.6) is 0 Å². The molecule has 0 N–H and O–H groups in total. The first-order chi connectivity index (χ1) is 9.10. The Hall–Kier alpha value is -1.71. The number of pyridine rings is 1.